The van der Waals surface area contributed by atoms with Gasteiger partial charge in [0.2, 0.25) is 5.69 Å². The van der Waals surface area contributed by atoms with Crippen LogP contribution in [0.15, 0.2) is 0 Å². The molecule has 0 spiro atoms. The molecule has 0 saturated heterocycles. The highest BCUT2D eigenvalue weighted by molar-refractivity contribution is 8.93. The minimum absolute atomic E-state index is 0. The van der Waals surface area contributed by atoms with E-state index in [4.69, 9.17) is 9.79 Å². The van der Waals surface area contributed by atoms with E-state index in [0.717, 1.165) is 0 Å². The normalized spacial score (nSPS) is 9.83. The molecular formula is H4BrO2PS2. The van der Waals surface area contributed by atoms with Gasteiger partial charge in [-0.3, -0.25) is 0 Å². The lowest BCUT2D eigenvalue weighted by atomic mass is 15.9. The van der Waals surface area contributed by atoms with Crippen LogP contribution in [0.2, 0.25) is 0 Å². The fourth-order valence-corrected chi connectivity index (χ4v) is 0. The fourth-order valence-electron chi connectivity index (χ4n) is 0. The van der Waals surface area contributed by atoms with E-state index in [0.29, 0.717) is 0 Å². The minimum Gasteiger partial charge on any atom is -0.338 e. The Kier molecular flexibility index (Phi) is 5.90. The van der Waals surface area contributed by atoms with Crippen LogP contribution in [-0.4, -0.2) is 9.79 Å². The zero-order chi connectivity index (χ0) is 4.50. The van der Waals surface area contributed by atoms with E-state index < -0.39 is 5.69 Å². The third kappa shape index (κ3) is 53.3. The van der Waals surface area contributed by atoms with E-state index in [9.17, 15) is 0 Å². The van der Waals surface area contributed by atoms with Crippen LogP contribution in [0.25, 0.3) is 0 Å². The average molecular weight is 211 g/mol. The summed E-state index contributed by atoms with van der Waals surface area (Å²) in [7, 11) is 0. The van der Waals surface area contributed by atoms with E-state index in [2.05, 4.69) is 24.1 Å². The van der Waals surface area contributed by atoms with Crippen molar-refractivity contribution >= 4 is 46.7 Å². The Balaban J connectivity index is 0. The van der Waals surface area contributed by atoms with Crippen LogP contribution in [0, 0.1) is 0 Å². The minimum atomic E-state index is -3.11. The molecule has 0 amide bonds. The van der Waals surface area contributed by atoms with Crippen molar-refractivity contribution in [1.82, 2.24) is 0 Å². The fraction of sp³-hybridized carbons (Fsp3) is 0. The summed E-state index contributed by atoms with van der Waals surface area (Å²) in [6.45, 7) is 0. The second-order valence-corrected chi connectivity index (χ2v) is 5.55. The van der Waals surface area contributed by atoms with Gasteiger partial charge in [0.1, 0.15) is 0 Å². The van der Waals surface area contributed by atoms with Crippen molar-refractivity contribution in [3.05, 3.63) is 0 Å². The quantitative estimate of drug-likeness (QED) is 0.408. The molecule has 6 heteroatoms. The van der Waals surface area contributed by atoms with Gasteiger partial charge in [0, 0.05) is 0 Å². The van der Waals surface area contributed by atoms with Gasteiger partial charge in [-0.15, -0.1) is 17.0 Å². The maximum absolute atomic E-state index is 7.87. The van der Waals surface area contributed by atoms with Crippen LogP contribution in [0.5, 0.6) is 0 Å². The van der Waals surface area contributed by atoms with Gasteiger partial charge in [0.15, 0.2) is 0 Å². The summed E-state index contributed by atoms with van der Waals surface area (Å²) < 4.78 is 0. The van der Waals surface area contributed by atoms with Gasteiger partial charge in [-0.05, 0) is 11.8 Å². The van der Waals surface area contributed by atoms with Gasteiger partial charge in [-0.2, -0.15) is 0 Å². The number of halogens is 1. The molecule has 0 aromatic carbocycles. The second-order valence-electron chi connectivity index (χ2n) is 0.513. The Morgan fingerprint density at radius 2 is 1.50 bits per heavy atom. The van der Waals surface area contributed by atoms with Crippen LogP contribution >= 0.6 is 34.9 Å². The maximum Gasteiger partial charge on any atom is 0.239 e. The number of hydrogen-bond donors (Lipinski definition) is 3. The van der Waals surface area contributed by atoms with Gasteiger partial charge in [-0.25, -0.2) is 0 Å². The molecule has 0 aliphatic rings. The third-order valence-corrected chi connectivity index (χ3v) is 0. The molecule has 0 heterocycles. The van der Waals surface area contributed by atoms with Crippen molar-refractivity contribution in [2.75, 3.05) is 0 Å². The first-order chi connectivity index (χ1) is 2.00. The molecule has 40 valence electrons. The molecule has 0 atom stereocenters. The Labute approximate surface area is 56.7 Å². The van der Waals surface area contributed by atoms with Gasteiger partial charge < -0.3 is 9.79 Å². The Bertz CT molecular complexity index is 57.7. The first-order valence-corrected chi connectivity index (χ1v) is 4.64. The van der Waals surface area contributed by atoms with Crippen molar-refractivity contribution in [2.24, 2.45) is 0 Å². The topological polar surface area (TPSA) is 40.5 Å². The summed E-state index contributed by atoms with van der Waals surface area (Å²) in [6.07, 6.45) is 0. The van der Waals surface area contributed by atoms with Gasteiger partial charge >= 0.3 is 0 Å². The molecule has 0 bridgehead atoms. The van der Waals surface area contributed by atoms with Crippen LogP contribution in [0.4, 0.5) is 0 Å². The van der Waals surface area contributed by atoms with Crippen molar-refractivity contribution in [3.63, 3.8) is 0 Å². The van der Waals surface area contributed by atoms with Gasteiger partial charge in [0.25, 0.3) is 0 Å². The number of hydrogen-bond acceptors (Lipinski definition) is 1. The predicted molar refractivity (Wildman–Crippen MR) is 38.0 cm³/mol. The SMILES string of the molecule is Br.OP(O)(=S)S. The predicted octanol–water partition coefficient (Wildman–Crippen LogP) is 0.703. The van der Waals surface area contributed by atoms with E-state index in [-0.39, 0.29) is 17.0 Å². The summed E-state index contributed by atoms with van der Waals surface area (Å²) in [5.74, 6) is 0. The lowest BCUT2D eigenvalue weighted by molar-refractivity contribution is 0.503. The van der Waals surface area contributed by atoms with Crippen LogP contribution in [0.3, 0.4) is 0 Å². The summed E-state index contributed by atoms with van der Waals surface area (Å²) in [5, 5.41) is 0. The lowest BCUT2D eigenvalue weighted by Gasteiger charge is -1.88. The number of thiol groups is 1. The molecule has 0 unspecified atom stereocenters. The van der Waals surface area contributed by atoms with Crippen LogP contribution in [-0.2, 0) is 11.8 Å². The van der Waals surface area contributed by atoms with Crippen molar-refractivity contribution in [1.29, 1.82) is 0 Å². The summed E-state index contributed by atoms with van der Waals surface area (Å²) >= 11 is 7.07. The van der Waals surface area contributed by atoms with Crippen molar-refractivity contribution in [3.8, 4) is 0 Å². The molecule has 0 aliphatic carbocycles. The molecule has 0 aromatic rings. The average Bonchev–Trinajstić information content (AvgIpc) is 0.722. The smallest absolute Gasteiger partial charge is 0.239 e. The van der Waals surface area contributed by atoms with Crippen LogP contribution in [0.1, 0.15) is 0 Å². The molecule has 2 nitrogen and oxygen atoms in total. The first kappa shape index (κ1) is 10.4. The van der Waals surface area contributed by atoms with Gasteiger partial charge in [0.05, 0.1) is 0 Å². The first-order valence-electron chi connectivity index (χ1n) is 0.783. The molecule has 2 N–H and O–H groups in total. The molecular weight excluding hydrogens is 207 g/mol. The molecule has 0 aliphatic heterocycles. The molecule has 0 radical (unpaired) electrons. The largest absolute Gasteiger partial charge is 0.338 e. The Hall–Kier alpha value is 1.40. The maximum atomic E-state index is 7.87. The van der Waals surface area contributed by atoms with E-state index in [1.54, 1.807) is 0 Å². The van der Waals surface area contributed by atoms with E-state index >= 15 is 0 Å². The lowest BCUT2D eigenvalue weighted by Crippen LogP contribution is -1.53. The van der Waals surface area contributed by atoms with Crippen molar-refractivity contribution in [2.45, 2.75) is 0 Å². The zero-order valence-corrected chi connectivity index (χ0v) is 6.92. The van der Waals surface area contributed by atoms with Crippen LogP contribution < -0.4 is 0 Å². The highest BCUT2D eigenvalue weighted by Gasteiger charge is 1.90. The van der Waals surface area contributed by atoms with E-state index in [1.807, 2.05) is 0 Å². The molecule has 0 saturated carbocycles. The monoisotopic (exact) mass is 210 g/mol. The zero-order valence-electron chi connectivity index (χ0n) is 2.61. The van der Waals surface area contributed by atoms with E-state index in [1.165, 1.54) is 0 Å². The summed E-state index contributed by atoms with van der Waals surface area (Å²) in [5.41, 5.74) is -3.11. The standard InChI is InChI=1S/BrH.H3O2PS2/c;1-3(2,4)5/h1H;(H3,1,2,4,5). The second kappa shape index (κ2) is 3.41. The highest BCUT2D eigenvalue weighted by atomic mass is 79.9. The Morgan fingerprint density at radius 3 is 1.50 bits per heavy atom. The summed E-state index contributed by atoms with van der Waals surface area (Å²) in [6, 6.07) is 0. The molecule has 6 heavy (non-hydrogen) atoms. The third-order valence-electron chi connectivity index (χ3n) is 0. The van der Waals surface area contributed by atoms with Gasteiger partial charge in [-0.1, -0.05) is 12.2 Å². The molecule has 0 rings (SSSR count). The molecule has 0 fully saturated rings. The molecule has 0 aromatic heterocycles. The summed E-state index contributed by atoms with van der Waals surface area (Å²) in [4.78, 5) is 15.7. The highest BCUT2D eigenvalue weighted by Crippen LogP contribution is 2.39. The van der Waals surface area contributed by atoms with Crippen molar-refractivity contribution < 1.29 is 9.79 Å². The Morgan fingerprint density at radius 1 is 1.50 bits per heavy atom. The number of rotatable bonds is 0.